The molecule has 140 valence electrons. The van der Waals surface area contributed by atoms with Crippen molar-refractivity contribution < 1.29 is 9.66 Å². The Morgan fingerprint density at radius 1 is 1.14 bits per heavy atom. The lowest BCUT2D eigenvalue weighted by molar-refractivity contribution is -0.384. The average molecular weight is 376 g/mol. The highest BCUT2D eigenvalue weighted by Gasteiger charge is 2.26. The van der Waals surface area contributed by atoms with Crippen molar-refractivity contribution in [1.82, 2.24) is 19.5 Å². The van der Waals surface area contributed by atoms with Gasteiger partial charge in [0.2, 0.25) is 11.6 Å². The molecule has 0 spiro atoms. The number of aryl methyl sites for hydroxylation is 1. The van der Waals surface area contributed by atoms with Crippen LogP contribution >= 0.6 is 0 Å². The number of aromatic nitrogens is 4. The Labute approximate surface area is 159 Å². The number of anilines is 2. The van der Waals surface area contributed by atoms with E-state index in [4.69, 9.17) is 4.74 Å². The van der Waals surface area contributed by atoms with Crippen molar-refractivity contribution in [2.45, 2.75) is 6.92 Å². The van der Waals surface area contributed by atoms with Crippen LogP contribution in [0.15, 0.2) is 55.1 Å². The number of para-hydroxylation sites is 2. The van der Waals surface area contributed by atoms with Crippen LogP contribution in [0.5, 0.6) is 5.75 Å². The summed E-state index contributed by atoms with van der Waals surface area (Å²) in [6.45, 7) is 1.92. The van der Waals surface area contributed by atoms with Gasteiger partial charge in [0.25, 0.3) is 0 Å². The number of hydrogen-bond acceptors (Lipinski definition) is 7. The van der Waals surface area contributed by atoms with Gasteiger partial charge in [0.05, 0.1) is 28.8 Å². The van der Waals surface area contributed by atoms with Gasteiger partial charge in [-0.2, -0.15) is 0 Å². The molecule has 4 aromatic rings. The van der Waals surface area contributed by atoms with E-state index in [-0.39, 0.29) is 17.3 Å². The second kappa shape index (κ2) is 6.95. The molecule has 1 N–H and O–H groups in total. The van der Waals surface area contributed by atoms with E-state index in [0.29, 0.717) is 22.5 Å². The zero-order chi connectivity index (χ0) is 19.7. The molecule has 0 atom stereocenters. The molecule has 0 amide bonds. The summed E-state index contributed by atoms with van der Waals surface area (Å²) in [6.07, 6.45) is 2.79. The molecule has 2 aromatic heterocycles. The first kappa shape index (κ1) is 17.4. The molecule has 0 aliphatic heterocycles. The number of hydrogen-bond donors (Lipinski definition) is 1. The highest BCUT2D eigenvalue weighted by molar-refractivity contribution is 5.80. The Bertz CT molecular complexity index is 1190. The monoisotopic (exact) mass is 376 g/mol. The zero-order valence-electron chi connectivity index (χ0n) is 15.2. The van der Waals surface area contributed by atoms with Gasteiger partial charge in [0, 0.05) is 0 Å². The number of rotatable bonds is 5. The normalized spacial score (nSPS) is 10.8. The molecular formula is C19H16N6O3. The van der Waals surface area contributed by atoms with Gasteiger partial charge in [-0.05, 0) is 36.8 Å². The van der Waals surface area contributed by atoms with Crippen molar-refractivity contribution in [3.8, 4) is 11.6 Å². The van der Waals surface area contributed by atoms with Crippen LogP contribution in [0, 0.1) is 17.0 Å². The van der Waals surface area contributed by atoms with Crippen molar-refractivity contribution in [2.75, 3.05) is 12.4 Å². The van der Waals surface area contributed by atoms with Gasteiger partial charge >= 0.3 is 5.69 Å². The Kier molecular flexibility index (Phi) is 4.32. The predicted molar refractivity (Wildman–Crippen MR) is 104 cm³/mol. The van der Waals surface area contributed by atoms with Gasteiger partial charge < -0.3 is 10.1 Å². The minimum atomic E-state index is -0.505. The fourth-order valence-electron chi connectivity index (χ4n) is 2.98. The van der Waals surface area contributed by atoms with E-state index < -0.39 is 4.92 Å². The molecule has 0 aliphatic carbocycles. The van der Waals surface area contributed by atoms with Crippen LogP contribution in [-0.4, -0.2) is 31.6 Å². The van der Waals surface area contributed by atoms with Crippen molar-refractivity contribution in [3.05, 3.63) is 70.8 Å². The Balaban J connectivity index is 1.88. The van der Waals surface area contributed by atoms with Crippen molar-refractivity contribution >= 4 is 28.2 Å². The number of benzene rings is 2. The summed E-state index contributed by atoms with van der Waals surface area (Å²) >= 11 is 0. The smallest absolute Gasteiger partial charge is 0.354 e. The lowest BCUT2D eigenvalue weighted by Crippen LogP contribution is -2.07. The van der Waals surface area contributed by atoms with Gasteiger partial charge in [0.1, 0.15) is 18.4 Å². The molecule has 28 heavy (non-hydrogen) atoms. The second-order valence-corrected chi connectivity index (χ2v) is 6.08. The molecule has 9 heteroatoms. The van der Waals surface area contributed by atoms with E-state index in [1.807, 2.05) is 43.3 Å². The molecule has 0 saturated carbocycles. The quantitative estimate of drug-likeness (QED) is 0.417. The van der Waals surface area contributed by atoms with E-state index in [2.05, 4.69) is 20.3 Å². The van der Waals surface area contributed by atoms with Gasteiger partial charge in [-0.3, -0.25) is 14.7 Å². The number of nitrogens with zero attached hydrogens (tertiary/aromatic N) is 5. The molecule has 2 aromatic carbocycles. The van der Waals surface area contributed by atoms with Crippen LogP contribution in [0.25, 0.3) is 16.9 Å². The van der Waals surface area contributed by atoms with Gasteiger partial charge in [0.15, 0.2) is 0 Å². The molecule has 0 aliphatic rings. The molecule has 2 heterocycles. The van der Waals surface area contributed by atoms with E-state index in [1.165, 1.54) is 19.8 Å². The van der Waals surface area contributed by atoms with Crippen molar-refractivity contribution in [1.29, 1.82) is 0 Å². The first-order chi connectivity index (χ1) is 13.6. The van der Waals surface area contributed by atoms with Crippen molar-refractivity contribution in [3.63, 3.8) is 0 Å². The second-order valence-electron chi connectivity index (χ2n) is 6.08. The summed E-state index contributed by atoms with van der Waals surface area (Å²) in [7, 11) is 1.54. The molecular weight excluding hydrogens is 360 g/mol. The van der Waals surface area contributed by atoms with E-state index in [9.17, 15) is 10.1 Å². The number of fused-ring (bicyclic) bond motifs is 1. The van der Waals surface area contributed by atoms with Gasteiger partial charge in [-0.25, -0.2) is 15.0 Å². The van der Waals surface area contributed by atoms with Crippen LogP contribution in [0.4, 0.5) is 17.2 Å². The third kappa shape index (κ3) is 2.98. The minimum Gasteiger partial charge on any atom is -0.495 e. The number of methoxy groups -OCH3 is 1. The summed E-state index contributed by atoms with van der Waals surface area (Å²) in [6, 6.07) is 12.9. The SMILES string of the molecule is COc1ccc(C)cc1Nc1ncnc(-n2cnc3ccccc32)c1[N+](=O)[O-]. The summed E-state index contributed by atoms with van der Waals surface area (Å²) < 4.78 is 6.92. The van der Waals surface area contributed by atoms with E-state index >= 15 is 0 Å². The molecule has 9 nitrogen and oxygen atoms in total. The first-order valence-electron chi connectivity index (χ1n) is 8.42. The predicted octanol–water partition coefficient (Wildman–Crippen LogP) is 3.78. The Morgan fingerprint density at radius 2 is 1.96 bits per heavy atom. The summed E-state index contributed by atoms with van der Waals surface area (Å²) in [4.78, 5) is 23.9. The number of nitrogens with one attached hydrogen (secondary N) is 1. The number of nitro groups is 1. The fourth-order valence-corrected chi connectivity index (χ4v) is 2.98. The van der Waals surface area contributed by atoms with Crippen molar-refractivity contribution in [2.24, 2.45) is 0 Å². The maximum Gasteiger partial charge on any atom is 0.354 e. The topological polar surface area (TPSA) is 108 Å². The lowest BCUT2D eigenvalue weighted by Gasteiger charge is -2.13. The zero-order valence-corrected chi connectivity index (χ0v) is 15.2. The highest BCUT2D eigenvalue weighted by atomic mass is 16.6. The third-order valence-electron chi connectivity index (χ3n) is 4.28. The molecule has 0 unspecified atom stereocenters. The average Bonchev–Trinajstić information content (AvgIpc) is 3.12. The lowest BCUT2D eigenvalue weighted by atomic mass is 10.2. The van der Waals surface area contributed by atoms with E-state index in [1.54, 1.807) is 10.6 Å². The number of imidazole rings is 1. The third-order valence-corrected chi connectivity index (χ3v) is 4.28. The van der Waals surface area contributed by atoms with Crippen LogP contribution in [0.3, 0.4) is 0 Å². The molecule has 4 rings (SSSR count). The summed E-state index contributed by atoms with van der Waals surface area (Å²) in [5.41, 5.74) is 2.72. The summed E-state index contributed by atoms with van der Waals surface area (Å²) in [5.74, 6) is 0.743. The number of ether oxygens (including phenoxy) is 1. The molecule has 0 fully saturated rings. The standard InChI is InChI=1S/C19H16N6O3/c1-12-7-8-16(28-2)14(9-12)23-18-17(25(26)27)19(21-10-20-18)24-11-22-13-5-3-4-6-15(13)24/h3-11H,1-2H3,(H,20,21,23). The van der Waals surface area contributed by atoms with E-state index in [0.717, 1.165) is 5.56 Å². The maximum absolute atomic E-state index is 11.9. The maximum atomic E-state index is 11.9. The van der Waals surface area contributed by atoms with Gasteiger partial charge in [-0.1, -0.05) is 18.2 Å². The minimum absolute atomic E-state index is 0.0664. The highest BCUT2D eigenvalue weighted by Crippen LogP contribution is 2.34. The molecule has 0 radical (unpaired) electrons. The van der Waals surface area contributed by atoms with Crippen LogP contribution in [-0.2, 0) is 0 Å². The molecule has 0 saturated heterocycles. The summed E-state index contributed by atoms with van der Waals surface area (Å²) in [5, 5.41) is 14.9. The molecule has 0 bridgehead atoms. The van der Waals surface area contributed by atoms with Crippen LogP contribution in [0.1, 0.15) is 5.56 Å². The van der Waals surface area contributed by atoms with Crippen LogP contribution in [0.2, 0.25) is 0 Å². The fraction of sp³-hybridized carbons (Fsp3) is 0.105. The largest absolute Gasteiger partial charge is 0.495 e. The Morgan fingerprint density at radius 3 is 2.75 bits per heavy atom. The first-order valence-corrected chi connectivity index (χ1v) is 8.42. The Hall–Kier alpha value is -4.01. The van der Waals surface area contributed by atoms with Gasteiger partial charge in [-0.15, -0.1) is 0 Å². The van der Waals surface area contributed by atoms with Crippen LogP contribution < -0.4 is 10.1 Å².